The van der Waals surface area contributed by atoms with Crippen LogP contribution in [0.4, 0.5) is 5.69 Å². The molecule has 0 aliphatic carbocycles. The summed E-state index contributed by atoms with van der Waals surface area (Å²) >= 11 is 0. The van der Waals surface area contributed by atoms with E-state index in [9.17, 15) is 0 Å². The van der Waals surface area contributed by atoms with Gasteiger partial charge >= 0.3 is 0 Å². The molecule has 0 amide bonds. The number of ether oxygens (including phenoxy) is 1. The lowest BCUT2D eigenvalue weighted by atomic mass is 10.2. The molecule has 0 aliphatic heterocycles. The van der Waals surface area contributed by atoms with Crippen LogP contribution < -0.4 is 10.5 Å². The molecule has 1 heterocycles. The van der Waals surface area contributed by atoms with Crippen molar-refractivity contribution in [3.05, 3.63) is 41.7 Å². The van der Waals surface area contributed by atoms with Gasteiger partial charge in [0.1, 0.15) is 5.75 Å². The number of aryl methyl sites for hydroxylation is 2. The van der Waals surface area contributed by atoms with Crippen LogP contribution in [0.2, 0.25) is 0 Å². The Kier molecular flexibility index (Phi) is 3.32. The topological polar surface area (TPSA) is 53.1 Å². The summed E-state index contributed by atoms with van der Waals surface area (Å²) in [7, 11) is 1.93. The molecular weight excluding hydrogens is 214 g/mol. The van der Waals surface area contributed by atoms with E-state index in [4.69, 9.17) is 10.5 Å². The summed E-state index contributed by atoms with van der Waals surface area (Å²) in [5.41, 5.74) is 8.85. The third kappa shape index (κ3) is 2.78. The summed E-state index contributed by atoms with van der Waals surface area (Å²) < 4.78 is 7.50. The molecule has 4 heteroatoms. The van der Waals surface area contributed by atoms with E-state index in [1.807, 2.05) is 42.9 Å². The molecule has 0 bridgehead atoms. The maximum Gasteiger partial charge on any atom is 0.142 e. The van der Waals surface area contributed by atoms with Crippen LogP contribution >= 0.6 is 0 Å². The monoisotopic (exact) mass is 231 g/mol. The molecule has 0 saturated heterocycles. The highest BCUT2D eigenvalue weighted by Gasteiger charge is 2.02. The minimum atomic E-state index is 0.604. The van der Waals surface area contributed by atoms with E-state index in [1.54, 1.807) is 6.20 Å². The Morgan fingerprint density at radius 2 is 2.18 bits per heavy atom. The second-order valence-electron chi connectivity index (χ2n) is 4.09. The largest absolute Gasteiger partial charge is 0.491 e. The second kappa shape index (κ2) is 4.91. The van der Waals surface area contributed by atoms with Crippen LogP contribution in [-0.4, -0.2) is 16.4 Å². The summed E-state index contributed by atoms with van der Waals surface area (Å²) in [6, 6.07) is 7.81. The Balaban J connectivity index is 1.92. The molecule has 1 aromatic carbocycles. The van der Waals surface area contributed by atoms with Gasteiger partial charge in [-0.05, 0) is 30.7 Å². The van der Waals surface area contributed by atoms with Crippen molar-refractivity contribution in [3.8, 4) is 5.75 Å². The number of nitrogens with two attached hydrogens (primary N) is 1. The van der Waals surface area contributed by atoms with Gasteiger partial charge in [0, 0.05) is 25.4 Å². The van der Waals surface area contributed by atoms with Crippen LogP contribution in [0.3, 0.4) is 0 Å². The zero-order chi connectivity index (χ0) is 12.3. The van der Waals surface area contributed by atoms with E-state index in [2.05, 4.69) is 5.10 Å². The van der Waals surface area contributed by atoms with Crippen LogP contribution in [0.5, 0.6) is 5.75 Å². The summed E-state index contributed by atoms with van der Waals surface area (Å²) in [5, 5.41) is 4.11. The minimum absolute atomic E-state index is 0.604. The third-order valence-corrected chi connectivity index (χ3v) is 2.70. The van der Waals surface area contributed by atoms with Crippen LogP contribution in [0.25, 0.3) is 0 Å². The summed E-state index contributed by atoms with van der Waals surface area (Å²) in [6.07, 6.45) is 2.61. The van der Waals surface area contributed by atoms with Gasteiger partial charge in [-0.1, -0.05) is 6.07 Å². The van der Waals surface area contributed by atoms with Gasteiger partial charge in [0.15, 0.2) is 0 Å². The van der Waals surface area contributed by atoms with Crippen LogP contribution in [0, 0.1) is 6.92 Å². The van der Waals surface area contributed by atoms with Crippen LogP contribution in [-0.2, 0) is 13.5 Å². The average molecular weight is 231 g/mol. The Morgan fingerprint density at radius 1 is 1.35 bits per heavy atom. The van der Waals surface area contributed by atoms with E-state index >= 15 is 0 Å². The van der Waals surface area contributed by atoms with Crippen molar-refractivity contribution in [2.24, 2.45) is 7.05 Å². The van der Waals surface area contributed by atoms with Gasteiger partial charge in [-0.3, -0.25) is 4.68 Å². The molecular formula is C13H17N3O. The Bertz CT molecular complexity index is 505. The molecule has 0 fully saturated rings. The molecule has 2 aromatic rings. The van der Waals surface area contributed by atoms with Gasteiger partial charge in [0.2, 0.25) is 0 Å². The van der Waals surface area contributed by atoms with Gasteiger partial charge in [-0.25, -0.2) is 0 Å². The Morgan fingerprint density at radius 3 is 2.82 bits per heavy atom. The predicted octanol–water partition coefficient (Wildman–Crippen LogP) is 1.93. The zero-order valence-corrected chi connectivity index (χ0v) is 10.2. The van der Waals surface area contributed by atoms with Crippen molar-refractivity contribution in [1.82, 2.24) is 9.78 Å². The zero-order valence-electron chi connectivity index (χ0n) is 10.2. The highest BCUT2D eigenvalue weighted by molar-refractivity contribution is 5.53. The number of nitrogen functional groups attached to an aromatic ring is 1. The summed E-state index contributed by atoms with van der Waals surface area (Å²) in [4.78, 5) is 0. The number of aromatic nitrogens is 2. The smallest absolute Gasteiger partial charge is 0.142 e. The third-order valence-electron chi connectivity index (χ3n) is 2.70. The normalized spacial score (nSPS) is 10.5. The molecule has 0 spiro atoms. The van der Waals surface area contributed by atoms with E-state index < -0.39 is 0 Å². The second-order valence-corrected chi connectivity index (χ2v) is 4.09. The lowest BCUT2D eigenvalue weighted by Gasteiger charge is -2.09. The summed E-state index contributed by atoms with van der Waals surface area (Å²) in [5.74, 6) is 0.748. The molecule has 0 radical (unpaired) electrons. The molecule has 2 rings (SSSR count). The van der Waals surface area contributed by atoms with E-state index in [-0.39, 0.29) is 0 Å². The fourth-order valence-corrected chi connectivity index (χ4v) is 1.71. The van der Waals surface area contributed by atoms with Gasteiger partial charge in [0.05, 0.1) is 12.3 Å². The molecule has 0 aliphatic rings. The van der Waals surface area contributed by atoms with Crippen molar-refractivity contribution < 1.29 is 4.74 Å². The first-order valence-electron chi connectivity index (χ1n) is 5.62. The SMILES string of the molecule is Cc1ccc(OCCc2ccnn2C)c(N)c1. The van der Waals surface area contributed by atoms with Crippen molar-refractivity contribution in [3.63, 3.8) is 0 Å². The first kappa shape index (κ1) is 11.5. The lowest BCUT2D eigenvalue weighted by molar-refractivity contribution is 0.320. The quantitative estimate of drug-likeness (QED) is 0.818. The van der Waals surface area contributed by atoms with Crippen molar-refractivity contribution in [1.29, 1.82) is 0 Å². The van der Waals surface area contributed by atoms with Crippen LogP contribution in [0.1, 0.15) is 11.3 Å². The first-order valence-corrected chi connectivity index (χ1v) is 5.62. The van der Waals surface area contributed by atoms with Crippen molar-refractivity contribution >= 4 is 5.69 Å². The van der Waals surface area contributed by atoms with E-state index in [0.717, 1.165) is 23.4 Å². The number of rotatable bonds is 4. The van der Waals surface area contributed by atoms with Crippen molar-refractivity contribution in [2.75, 3.05) is 12.3 Å². The Hall–Kier alpha value is -1.97. The highest BCUT2D eigenvalue weighted by Crippen LogP contribution is 2.22. The predicted molar refractivity (Wildman–Crippen MR) is 68.0 cm³/mol. The maximum absolute atomic E-state index is 5.87. The molecule has 1 aromatic heterocycles. The lowest BCUT2D eigenvalue weighted by Crippen LogP contribution is -2.07. The maximum atomic E-state index is 5.87. The molecule has 0 saturated carbocycles. The van der Waals surface area contributed by atoms with Gasteiger partial charge in [-0.2, -0.15) is 5.10 Å². The standard InChI is InChI=1S/C13H17N3O/c1-10-3-4-13(12(14)9-10)17-8-6-11-5-7-15-16(11)2/h3-5,7,9H,6,8,14H2,1-2H3. The molecule has 0 unspecified atom stereocenters. The fourth-order valence-electron chi connectivity index (χ4n) is 1.71. The molecule has 17 heavy (non-hydrogen) atoms. The highest BCUT2D eigenvalue weighted by atomic mass is 16.5. The minimum Gasteiger partial charge on any atom is -0.491 e. The number of hydrogen-bond donors (Lipinski definition) is 1. The number of hydrogen-bond acceptors (Lipinski definition) is 3. The van der Waals surface area contributed by atoms with E-state index in [1.165, 1.54) is 0 Å². The van der Waals surface area contributed by atoms with Crippen LogP contribution in [0.15, 0.2) is 30.5 Å². The van der Waals surface area contributed by atoms with Gasteiger partial charge < -0.3 is 10.5 Å². The molecule has 4 nitrogen and oxygen atoms in total. The summed E-state index contributed by atoms with van der Waals surface area (Å²) in [6.45, 7) is 2.61. The van der Waals surface area contributed by atoms with Crippen molar-refractivity contribution in [2.45, 2.75) is 13.3 Å². The number of nitrogens with zero attached hydrogens (tertiary/aromatic N) is 2. The number of anilines is 1. The van der Waals surface area contributed by atoms with Gasteiger partial charge in [-0.15, -0.1) is 0 Å². The van der Waals surface area contributed by atoms with E-state index in [0.29, 0.717) is 12.3 Å². The first-order chi connectivity index (χ1) is 8.16. The number of benzene rings is 1. The average Bonchev–Trinajstić information content (AvgIpc) is 2.68. The molecule has 2 N–H and O–H groups in total. The Labute approximate surface area is 101 Å². The van der Waals surface area contributed by atoms with Gasteiger partial charge in [0.25, 0.3) is 0 Å². The molecule has 0 atom stereocenters. The molecule has 90 valence electrons. The fraction of sp³-hybridized carbons (Fsp3) is 0.308.